The summed E-state index contributed by atoms with van der Waals surface area (Å²) in [5.41, 5.74) is 0. The molecule has 0 heterocycles. The minimum atomic E-state index is -0.698. The molecular formula is C3H7OS-. The van der Waals surface area contributed by atoms with Crippen LogP contribution in [-0.2, 0) is 14.6 Å². The molecule has 0 spiro atoms. The second-order valence-electron chi connectivity index (χ2n) is 0.734. The van der Waals surface area contributed by atoms with E-state index in [1.807, 2.05) is 0 Å². The molecule has 0 amide bonds. The van der Waals surface area contributed by atoms with Crippen LogP contribution in [0.25, 0.3) is 0 Å². The predicted octanol–water partition coefficient (Wildman–Crippen LogP) is 0.402. The summed E-state index contributed by atoms with van der Waals surface area (Å²) in [7, 11) is -0.698. The second kappa shape index (κ2) is 2.27. The predicted molar refractivity (Wildman–Crippen MR) is 25.7 cm³/mol. The van der Waals surface area contributed by atoms with Gasteiger partial charge >= 0.3 is 0 Å². The van der Waals surface area contributed by atoms with E-state index in [0.717, 1.165) is 0 Å². The summed E-state index contributed by atoms with van der Waals surface area (Å²) < 4.78 is 9.87. The van der Waals surface area contributed by atoms with Gasteiger partial charge in [0.05, 0.1) is 0 Å². The molecule has 0 N–H and O–H groups in total. The molecule has 0 rings (SSSR count). The third-order valence-electron chi connectivity index (χ3n) is 0.332. The lowest BCUT2D eigenvalue weighted by molar-refractivity contribution is 0.606. The van der Waals surface area contributed by atoms with Crippen LogP contribution in [0.3, 0.4) is 0 Å². The van der Waals surface area contributed by atoms with Crippen LogP contribution in [0.5, 0.6) is 0 Å². The Hall–Kier alpha value is 0.0200. The SMILES string of the molecule is C/C=[S-](/C)=O. The lowest BCUT2D eigenvalue weighted by Gasteiger charge is -1.77. The van der Waals surface area contributed by atoms with Gasteiger partial charge in [0.25, 0.3) is 0 Å². The van der Waals surface area contributed by atoms with E-state index in [4.69, 9.17) is 0 Å². The molecule has 2 heteroatoms. The summed E-state index contributed by atoms with van der Waals surface area (Å²) in [5, 5.41) is 1.64. The average Bonchev–Trinajstić information content (AvgIpc) is 1.38. The number of rotatable bonds is 0. The van der Waals surface area contributed by atoms with Crippen LogP contribution in [0.4, 0.5) is 0 Å². The highest BCUT2D eigenvalue weighted by Gasteiger charge is 1.33. The molecule has 0 unspecified atom stereocenters. The highest BCUT2D eigenvalue weighted by Crippen LogP contribution is 1.45. The Labute approximate surface area is 34.0 Å². The van der Waals surface area contributed by atoms with Crippen LogP contribution >= 0.6 is 0 Å². The number of hydrogen-bond donors (Lipinski definition) is 0. The van der Waals surface area contributed by atoms with E-state index < -0.39 is 10.4 Å². The lowest BCUT2D eigenvalue weighted by atomic mass is 11.0. The standard InChI is InChI=1S/C3H7OS/c1-3-5(2)4/h3H,1-2H3/q-1. The Morgan fingerprint density at radius 2 is 2.00 bits per heavy atom. The molecule has 32 valence electrons. The topological polar surface area (TPSA) is 17.1 Å². The van der Waals surface area contributed by atoms with Gasteiger partial charge in [-0.15, -0.1) is 6.26 Å². The van der Waals surface area contributed by atoms with Gasteiger partial charge in [-0.1, -0.05) is 6.92 Å². The fourth-order valence-corrected chi connectivity index (χ4v) is 0. The highest BCUT2D eigenvalue weighted by atomic mass is 32.2. The third-order valence-corrected chi connectivity index (χ3v) is 0.996. The van der Waals surface area contributed by atoms with Crippen molar-refractivity contribution in [2.45, 2.75) is 6.92 Å². The van der Waals surface area contributed by atoms with Crippen molar-refractivity contribution in [3.8, 4) is 0 Å². The molecular weight excluding hydrogens is 84.1 g/mol. The van der Waals surface area contributed by atoms with Crippen LogP contribution < -0.4 is 0 Å². The van der Waals surface area contributed by atoms with Crippen molar-refractivity contribution in [3.05, 3.63) is 0 Å². The smallest absolute Gasteiger partial charge is 0.0686 e. The summed E-state index contributed by atoms with van der Waals surface area (Å²) in [4.78, 5) is 0. The van der Waals surface area contributed by atoms with Crippen LogP contribution in [0.2, 0.25) is 0 Å². The normalized spacial score (nSPS) is 15.6. The monoisotopic (exact) mass is 91.0 g/mol. The summed E-state index contributed by atoms with van der Waals surface area (Å²) in [6, 6.07) is 0. The van der Waals surface area contributed by atoms with Gasteiger partial charge in [0.2, 0.25) is 0 Å². The summed E-state index contributed by atoms with van der Waals surface area (Å²) in [5.74, 6) is 0. The van der Waals surface area contributed by atoms with Crippen LogP contribution in [0.1, 0.15) is 6.92 Å². The molecule has 0 radical (unpaired) electrons. The molecule has 0 aliphatic carbocycles. The molecule has 0 saturated carbocycles. The molecule has 0 aromatic carbocycles. The molecule has 0 aliphatic heterocycles. The molecule has 0 saturated heterocycles. The van der Waals surface area contributed by atoms with E-state index >= 15 is 0 Å². The quantitative estimate of drug-likeness (QED) is 0.311. The van der Waals surface area contributed by atoms with Crippen LogP contribution in [-0.4, -0.2) is 11.6 Å². The van der Waals surface area contributed by atoms with Gasteiger partial charge in [0.1, 0.15) is 0 Å². The van der Waals surface area contributed by atoms with Gasteiger partial charge in [0.15, 0.2) is 0 Å². The van der Waals surface area contributed by atoms with E-state index in [9.17, 15) is 4.21 Å². The number of hydrogen-bond acceptors (Lipinski definition) is 2. The molecule has 0 aliphatic rings. The van der Waals surface area contributed by atoms with Crippen molar-refractivity contribution >= 4 is 15.8 Å². The Morgan fingerprint density at radius 1 is 1.80 bits per heavy atom. The van der Waals surface area contributed by atoms with Gasteiger partial charge in [-0.05, 0) is 0 Å². The summed E-state index contributed by atoms with van der Waals surface area (Å²) in [6.07, 6.45) is 1.64. The van der Waals surface area contributed by atoms with Crippen molar-refractivity contribution in [2.24, 2.45) is 0 Å². The Kier molecular flexibility index (Phi) is 2.28. The zero-order valence-electron chi connectivity index (χ0n) is 3.39. The first kappa shape index (κ1) is 5.02. The molecule has 5 heavy (non-hydrogen) atoms. The van der Waals surface area contributed by atoms with Crippen molar-refractivity contribution in [2.75, 3.05) is 6.26 Å². The minimum Gasteiger partial charge on any atom is -0.462 e. The first-order valence-electron chi connectivity index (χ1n) is 1.39. The first-order valence-corrected chi connectivity index (χ1v) is 3.01. The molecule has 0 aromatic rings. The van der Waals surface area contributed by atoms with E-state index in [1.165, 1.54) is 0 Å². The Morgan fingerprint density at radius 3 is 2.00 bits per heavy atom. The highest BCUT2D eigenvalue weighted by molar-refractivity contribution is 7.82. The Bertz CT molecular complexity index is 78.9. The molecule has 0 aromatic heterocycles. The van der Waals surface area contributed by atoms with Gasteiger partial charge in [-0.3, -0.25) is 10.4 Å². The zero-order valence-corrected chi connectivity index (χ0v) is 4.21. The van der Waals surface area contributed by atoms with Crippen molar-refractivity contribution in [3.63, 3.8) is 0 Å². The fraction of sp³-hybridized carbons (Fsp3) is 0.667. The fourth-order valence-electron chi connectivity index (χ4n) is 0. The first-order chi connectivity index (χ1) is 2.27. The summed E-state index contributed by atoms with van der Waals surface area (Å²) in [6.45, 7) is 1.77. The van der Waals surface area contributed by atoms with Gasteiger partial charge < -0.3 is 4.21 Å². The zero-order chi connectivity index (χ0) is 4.28. The van der Waals surface area contributed by atoms with Crippen molar-refractivity contribution in [1.82, 2.24) is 0 Å². The van der Waals surface area contributed by atoms with E-state index in [0.29, 0.717) is 0 Å². The largest absolute Gasteiger partial charge is 0.462 e. The third kappa shape index (κ3) is 4.02. The van der Waals surface area contributed by atoms with E-state index in [-0.39, 0.29) is 0 Å². The molecule has 1 nitrogen and oxygen atoms in total. The van der Waals surface area contributed by atoms with Crippen molar-refractivity contribution < 1.29 is 4.21 Å². The maximum Gasteiger partial charge on any atom is -0.0686 e. The lowest BCUT2D eigenvalue weighted by Crippen LogP contribution is -1.64. The molecule has 0 bridgehead atoms. The van der Waals surface area contributed by atoms with Gasteiger partial charge in [0, 0.05) is 0 Å². The van der Waals surface area contributed by atoms with Crippen LogP contribution in [0.15, 0.2) is 0 Å². The minimum absolute atomic E-state index is 0.698. The van der Waals surface area contributed by atoms with E-state index in [2.05, 4.69) is 0 Å². The molecule has 0 fully saturated rings. The van der Waals surface area contributed by atoms with Crippen LogP contribution in [0, 0.1) is 0 Å². The second-order valence-corrected chi connectivity index (χ2v) is 2.20. The maximum atomic E-state index is 9.87. The average molecular weight is 91.2 g/mol. The summed E-state index contributed by atoms with van der Waals surface area (Å²) >= 11 is 0. The maximum absolute atomic E-state index is 9.87. The van der Waals surface area contributed by atoms with Gasteiger partial charge in [-0.2, -0.15) is 5.37 Å². The van der Waals surface area contributed by atoms with Gasteiger partial charge in [-0.25, -0.2) is 0 Å². The Balaban J connectivity index is 3.62. The van der Waals surface area contributed by atoms with E-state index in [1.54, 1.807) is 18.5 Å². The van der Waals surface area contributed by atoms with Crippen molar-refractivity contribution in [1.29, 1.82) is 0 Å². The molecule has 0 atom stereocenters.